The van der Waals surface area contributed by atoms with Crippen LogP contribution in [0.4, 0.5) is 10.7 Å². The molecule has 2 amide bonds. The minimum Gasteiger partial charge on any atom is -0.367 e. The van der Waals surface area contributed by atoms with E-state index in [2.05, 4.69) is 15.4 Å². The van der Waals surface area contributed by atoms with Crippen molar-refractivity contribution < 1.29 is 4.79 Å². The average molecular weight is 196 g/mol. The molecule has 7 heteroatoms. The van der Waals surface area contributed by atoms with Crippen molar-refractivity contribution in [2.75, 3.05) is 25.4 Å². The van der Waals surface area contributed by atoms with E-state index in [1.165, 1.54) is 0 Å². The Hall–Kier alpha value is -1.79. The third-order valence-corrected chi connectivity index (χ3v) is 2.10. The van der Waals surface area contributed by atoms with Crippen LogP contribution in [0.2, 0.25) is 0 Å². The number of nitrogens with two attached hydrogens (primary N) is 1. The fraction of sp³-hybridized carbons (Fsp3) is 0.571. The molecule has 1 fully saturated rings. The summed E-state index contributed by atoms with van der Waals surface area (Å²) in [6.07, 6.45) is 1.56. The minimum absolute atomic E-state index is 0.0157. The summed E-state index contributed by atoms with van der Waals surface area (Å²) in [5.74, 6) is 0.260. The SMILES string of the molecule is Nc1ncn(CCN2CCNC2=O)n1. The van der Waals surface area contributed by atoms with Gasteiger partial charge in [0.25, 0.3) is 0 Å². The van der Waals surface area contributed by atoms with Gasteiger partial charge < -0.3 is 16.0 Å². The number of amides is 2. The highest BCUT2D eigenvalue weighted by molar-refractivity contribution is 5.76. The van der Waals surface area contributed by atoms with Gasteiger partial charge in [-0.15, -0.1) is 5.10 Å². The minimum atomic E-state index is -0.0157. The Labute approximate surface area is 80.9 Å². The fourth-order valence-electron chi connectivity index (χ4n) is 1.36. The lowest BCUT2D eigenvalue weighted by molar-refractivity contribution is 0.215. The van der Waals surface area contributed by atoms with Crippen LogP contribution in [0.15, 0.2) is 6.33 Å². The molecule has 14 heavy (non-hydrogen) atoms. The summed E-state index contributed by atoms with van der Waals surface area (Å²) < 4.78 is 1.63. The molecule has 3 N–H and O–H groups in total. The lowest BCUT2D eigenvalue weighted by Crippen LogP contribution is -2.31. The number of anilines is 1. The second-order valence-electron chi connectivity index (χ2n) is 3.08. The van der Waals surface area contributed by atoms with E-state index in [0.717, 1.165) is 13.1 Å². The largest absolute Gasteiger partial charge is 0.367 e. The number of rotatable bonds is 3. The van der Waals surface area contributed by atoms with E-state index in [1.807, 2.05) is 0 Å². The summed E-state index contributed by atoms with van der Waals surface area (Å²) >= 11 is 0. The van der Waals surface area contributed by atoms with Gasteiger partial charge in [-0.25, -0.2) is 14.5 Å². The fourth-order valence-corrected chi connectivity index (χ4v) is 1.36. The molecule has 7 nitrogen and oxygen atoms in total. The molecule has 1 saturated heterocycles. The number of carbonyl (C=O) groups excluding carboxylic acids is 1. The van der Waals surface area contributed by atoms with E-state index in [9.17, 15) is 4.79 Å². The summed E-state index contributed by atoms with van der Waals surface area (Å²) in [7, 11) is 0. The molecule has 1 aromatic heterocycles. The lowest BCUT2D eigenvalue weighted by atomic mass is 10.5. The third-order valence-electron chi connectivity index (χ3n) is 2.10. The van der Waals surface area contributed by atoms with Crippen LogP contribution in [0, 0.1) is 0 Å². The van der Waals surface area contributed by atoms with Gasteiger partial charge in [-0.1, -0.05) is 0 Å². The quantitative estimate of drug-likeness (QED) is 0.641. The first-order valence-electron chi connectivity index (χ1n) is 4.43. The molecule has 1 aromatic rings. The molecular formula is C7H12N6O. The van der Waals surface area contributed by atoms with Gasteiger partial charge >= 0.3 is 6.03 Å². The number of aromatic nitrogens is 3. The number of nitrogens with zero attached hydrogens (tertiary/aromatic N) is 4. The Morgan fingerprint density at radius 1 is 1.57 bits per heavy atom. The summed E-state index contributed by atoms with van der Waals surface area (Å²) in [6, 6.07) is -0.0157. The van der Waals surface area contributed by atoms with Crippen molar-refractivity contribution in [3.63, 3.8) is 0 Å². The lowest BCUT2D eigenvalue weighted by Gasteiger charge is -2.12. The van der Waals surface area contributed by atoms with Crippen molar-refractivity contribution in [3.8, 4) is 0 Å². The van der Waals surface area contributed by atoms with Crippen LogP contribution < -0.4 is 11.1 Å². The average Bonchev–Trinajstić information content (AvgIpc) is 2.72. The van der Waals surface area contributed by atoms with Crippen LogP contribution in [0.5, 0.6) is 0 Å². The van der Waals surface area contributed by atoms with Crippen LogP contribution >= 0.6 is 0 Å². The molecule has 0 aliphatic carbocycles. The Morgan fingerprint density at radius 3 is 3.00 bits per heavy atom. The highest BCUT2D eigenvalue weighted by Crippen LogP contribution is 1.97. The normalized spacial score (nSPS) is 16.0. The van der Waals surface area contributed by atoms with Crippen molar-refractivity contribution in [2.45, 2.75) is 6.54 Å². The smallest absolute Gasteiger partial charge is 0.317 e. The second kappa shape index (κ2) is 3.52. The summed E-state index contributed by atoms with van der Waals surface area (Å²) in [5.41, 5.74) is 5.35. The van der Waals surface area contributed by atoms with Crippen molar-refractivity contribution in [3.05, 3.63) is 6.33 Å². The summed E-state index contributed by atoms with van der Waals surface area (Å²) in [5, 5.41) is 6.65. The number of hydrogen-bond acceptors (Lipinski definition) is 4. The van der Waals surface area contributed by atoms with Gasteiger partial charge in [0.15, 0.2) is 0 Å². The van der Waals surface area contributed by atoms with Crippen LogP contribution in [0.25, 0.3) is 0 Å². The molecule has 0 saturated carbocycles. The molecule has 0 unspecified atom stereocenters. The van der Waals surface area contributed by atoms with Gasteiger partial charge in [0, 0.05) is 19.6 Å². The van der Waals surface area contributed by atoms with Crippen LogP contribution in [0.3, 0.4) is 0 Å². The van der Waals surface area contributed by atoms with E-state index in [1.54, 1.807) is 15.9 Å². The van der Waals surface area contributed by atoms with E-state index in [-0.39, 0.29) is 12.0 Å². The standard InChI is InChI=1S/C7H12N6O/c8-6-10-5-13(11-6)4-3-12-2-1-9-7(12)14/h5H,1-4H2,(H2,8,11)(H,9,14). The van der Waals surface area contributed by atoms with Crippen molar-refractivity contribution in [1.82, 2.24) is 25.0 Å². The van der Waals surface area contributed by atoms with Crippen LogP contribution in [0.1, 0.15) is 0 Å². The maximum Gasteiger partial charge on any atom is 0.317 e. The van der Waals surface area contributed by atoms with Gasteiger partial charge in [0.05, 0.1) is 6.54 Å². The molecule has 0 bridgehead atoms. The number of hydrogen-bond donors (Lipinski definition) is 2. The monoisotopic (exact) mass is 196 g/mol. The molecule has 2 rings (SSSR count). The van der Waals surface area contributed by atoms with E-state index in [0.29, 0.717) is 13.1 Å². The molecule has 2 heterocycles. The third kappa shape index (κ3) is 1.76. The number of nitrogen functional groups attached to an aromatic ring is 1. The first kappa shape index (κ1) is 8.79. The van der Waals surface area contributed by atoms with Gasteiger partial charge in [0.2, 0.25) is 5.95 Å². The topological polar surface area (TPSA) is 89.1 Å². The highest BCUT2D eigenvalue weighted by atomic mass is 16.2. The van der Waals surface area contributed by atoms with Gasteiger partial charge in [-0.3, -0.25) is 0 Å². The number of urea groups is 1. The van der Waals surface area contributed by atoms with Crippen LogP contribution in [-0.4, -0.2) is 45.3 Å². The van der Waals surface area contributed by atoms with Gasteiger partial charge in [0.1, 0.15) is 6.33 Å². The number of nitrogens with one attached hydrogen (secondary N) is 1. The zero-order valence-electron chi connectivity index (χ0n) is 7.68. The van der Waals surface area contributed by atoms with E-state index >= 15 is 0 Å². The molecule has 0 radical (unpaired) electrons. The first-order valence-corrected chi connectivity index (χ1v) is 4.43. The molecule has 1 aliphatic rings. The zero-order valence-corrected chi connectivity index (χ0v) is 7.68. The molecule has 0 aromatic carbocycles. The van der Waals surface area contributed by atoms with Crippen molar-refractivity contribution >= 4 is 12.0 Å². The molecular weight excluding hydrogens is 184 g/mol. The zero-order chi connectivity index (χ0) is 9.97. The maximum absolute atomic E-state index is 11.1. The van der Waals surface area contributed by atoms with Crippen molar-refractivity contribution in [2.24, 2.45) is 0 Å². The molecule has 0 spiro atoms. The Morgan fingerprint density at radius 2 is 2.43 bits per heavy atom. The first-order chi connectivity index (χ1) is 6.75. The second-order valence-corrected chi connectivity index (χ2v) is 3.08. The Kier molecular flexibility index (Phi) is 2.21. The maximum atomic E-state index is 11.1. The van der Waals surface area contributed by atoms with Gasteiger partial charge in [-0.05, 0) is 0 Å². The number of carbonyl (C=O) groups is 1. The summed E-state index contributed by atoms with van der Waals surface area (Å²) in [4.78, 5) is 16.7. The van der Waals surface area contributed by atoms with Crippen LogP contribution in [-0.2, 0) is 6.54 Å². The highest BCUT2D eigenvalue weighted by Gasteiger charge is 2.18. The van der Waals surface area contributed by atoms with Crippen molar-refractivity contribution in [1.29, 1.82) is 0 Å². The summed E-state index contributed by atoms with van der Waals surface area (Å²) in [6.45, 7) is 2.73. The Bertz CT molecular complexity index is 335. The Balaban J connectivity index is 1.85. The van der Waals surface area contributed by atoms with E-state index in [4.69, 9.17) is 5.73 Å². The van der Waals surface area contributed by atoms with Gasteiger partial charge in [-0.2, -0.15) is 0 Å². The molecule has 76 valence electrons. The van der Waals surface area contributed by atoms with E-state index < -0.39 is 0 Å². The predicted octanol–water partition coefficient (Wildman–Crippen LogP) is -1.11. The molecule has 1 aliphatic heterocycles. The predicted molar refractivity (Wildman–Crippen MR) is 49.4 cm³/mol. The molecule has 0 atom stereocenters.